The van der Waals surface area contributed by atoms with Crippen LogP contribution in [0.1, 0.15) is 60.8 Å². The quantitative estimate of drug-likeness (QED) is 0.466. The van der Waals surface area contributed by atoms with Crippen LogP contribution in [0.5, 0.6) is 0 Å². The van der Waals surface area contributed by atoms with Gasteiger partial charge in [0.05, 0.1) is 11.5 Å². The molecule has 0 unspecified atom stereocenters. The fourth-order valence-electron chi connectivity index (χ4n) is 4.89. The van der Waals surface area contributed by atoms with Crippen LogP contribution in [0, 0.1) is 23.2 Å². The van der Waals surface area contributed by atoms with Gasteiger partial charge in [0.2, 0.25) is 0 Å². The lowest BCUT2D eigenvalue weighted by molar-refractivity contribution is -0.138. The van der Waals surface area contributed by atoms with Gasteiger partial charge in [-0.2, -0.15) is 0 Å². The van der Waals surface area contributed by atoms with Crippen LogP contribution in [0.15, 0.2) is 12.2 Å². The molecule has 0 saturated heterocycles. The zero-order valence-corrected chi connectivity index (χ0v) is 17.0. The predicted molar refractivity (Wildman–Crippen MR) is 100.0 cm³/mol. The molecule has 0 radical (unpaired) electrons. The fourth-order valence-corrected chi connectivity index (χ4v) is 7.80. The SMILES string of the molecule is CC[Si](CC)(CC)O[C@@H]1[C@H](C(C)C)C=C[C@@H](C)[C@]12CCCC2=O. The molecule has 1 spiro atoms. The molecule has 23 heavy (non-hydrogen) atoms. The van der Waals surface area contributed by atoms with E-state index in [4.69, 9.17) is 4.43 Å². The first-order valence-electron chi connectivity index (χ1n) is 9.76. The van der Waals surface area contributed by atoms with E-state index < -0.39 is 8.32 Å². The van der Waals surface area contributed by atoms with Gasteiger partial charge in [0.15, 0.2) is 8.32 Å². The highest BCUT2D eigenvalue weighted by Gasteiger charge is 2.57. The van der Waals surface area contributed by atoms with Crippen LogP contribution in [-0.4, -0.2) is 20.2 Å². The lowest BCUT2D eigenvalue weighted by atomic mass is 9.61. The smallest absolute Gasteiger partial charge is 0.192 e. The van der Waals surface area contributed by atoms with Gasteiger partial charge in [-0.05, 0) is 42.8 Å². The maximum Gasteiger partial charge on any atom is 0.192 e. The van der Waals surface area contributed by atoms with E-state index >= 15 is 0 Å². The van der Waals surface area contributed by atoms with E-state index in [0.29, 0.717) is 23.5 Å². The number of hydrogen-bond donors (Lipinski definition) is 0. The van der Waals surface area contributed by atoms with Gasteiger partial charge in [-0.15, -0.1) is 0 Å². The topological polar surface area (TPSA) is 26.3 Å². The van der Waals surface area contributed by atoms with E-state index in [-0.39, 0.29) is 11.5 Å². The zero-order valence-electron chi connectivity index (χ0n) is 16.0. The Morgan fingerprint density at radius 3 is 2.26 bits per heavy atom. The summed E-state index contributed by atoms with van der Waals surface area (Å²) in [7, 11) is -1.73. The van der Waals surface area contributed by atoms with Crippen molar-refractivity contribution in [2.45, 2.75) is 85.0 Å². The van der Waals surface area contributed by atoms with Gasteiger partial charge in [0.25, 0.3) is 0 Å². The van der Waals surface area contributed by atoms with Gasteiger partial charge in [-0.25, -0.2) is 0 Å². The molecule has 2 aliphatic rings. The van der Waals surface area contributed by atoms with Gasteiger partial charge >= 0.3 is 0 Å². The van der Waals surface area contributed by atoms with Gasteiger partial charge in [-0.1, -0.05) is 53.7 Å². The summed E-state index contributed by atoms with van der Waals surface area (Å²) >= 11 is 0. The Balaban J connectivity index is 2.47. The van der Waals surface area contributed by atoms with E-state index in [0.717, 1.165) is 37.4 Å². The Kier molecular flexibility index (Phi) is 5.94. The summed E-state index contributed by atoms with van der Waals surface area (Å²) in [4.78, 5) is 13.0. The molecule has 0 aromatic carbocycles. The minimum Gasteiger partial charge on any atom is -0.412 e. The molecule has 3 heteroatoms. The second-order valence-electron chi connectivity index (χ2n) is 8.09. The highest BCUT2D eigenvalue weighted by atomic mass is 28.4. The summed E-state index contributed by atoms with van der Waals surface area (Å²) in [6, 6.07) is 3.47. The lowest BCUT2D eigenvalue weighted by Gasteiger charge is -2.50. The monoisotopic (exact) mass is 336 g/mol. The van der Waals surface area contributed by atoms with E-state index in [9.17, 15) is 4.79 Å². The summed E-state index contributed by atoms with van der Waals surface area (Å²) < 4.78 is 7.05. The molecule has 0 amide bonds. The fraction of sp³-hybridized carbons (Fsp3) is 0.850. The van der Waals surface area contributed by atoms with E-state index in [2.05, 4.69) is 53.7 Å². The number of allylic oxidation sites excluding steroid dienone is 1. The molecule has 0 aliphatic heterocycles. The van der Waals surface area contributed by atoms with Crippen molar-refractivity contribution in [1.82, 2.24) is 0 Å². The normalized spacial score (nSPS) is 34.7. The molecular weight excluding hydrogens is 300 g/mol. The Labute approximate surface area is 144 Å². The van der Waals surface area contributed by atoms with Crippen molar-refractivity contribution in [3.8, 4) is 0 Å². The van der Waals surface area contributed by atoms with Crippen molar-refractivity contribution in [1.29, 1.82) is 0 Å². The molecule has 0 N–H and O–H groups in total. The van der Waals surface area contributed by atoms with Crippen molar-refractivity contribution in [2.24, 2.45) is 23.2 Å². The number of carbonyl (C=O) groups excluding carboxylic acids is 1. The minimum atomic E-state index is -1.73. The highest BCUT2D eigenvalue weighted by molar-refractivity contribution is 6.73. The van der Waals surface area contributed by atoms with Crippen LogP contribution in [0.4, 0.5) is 0 Å². The maximum absolute atomic E-state index is 13.0. The Morgan fingerprint density at radius 1 is 1.22 bits per heavy atom. The molecule has 4 atom stereocenters. The number of Topliss-reactive ketones (excluding diaryl/α,β-unsaturated/α-hetero) is 1. The lowest BCUT2D eigenvalue weighted by Crippen LogP contribution is -2.56. The molecule has 0 aromatic rings. The van der Waals surface area contributed by atoms with E-state index in [1.807, 2.05) is 0 Å². The van der Waals surface area contributed by atoms with Gasteiger partial charge in [0, 0.05) is 12.3 Å². The third-order valence-electron chi connectivity index (χ3n) is 6.89. The van der Waals surface area contributed by atoms with Crippen LogP contribution in [0.2, 0.25) is 18.1 Å². The highest BCUT2D eigenvalue weighted by Crippen LogP contribution is 2.53. The molecule has 132 valence electrons. The third kappa shape index (κ3) is 3.11. The molecule has 0 bridgehead atoms. The summed E-state index contributed by atoms with van der Waals surface area (Å²) in [5.74, 6) is 1.68. The van der Waals surface area contributed by atoms with Crippen LogP contribution in [0.3, 0.4) is 0 Å². The summed E-state index contributed by atoms with van der Waals surface area (Å²) in [6.07, 6.45) is 7.58. The first kappa shape index (κ1) is 18.9. The molecular formula is C20H36O2Si. The number of hydrogen-bond acceptors (Lipinski definition) is 2. The second kappa shape index (κ2) is 7.22. The molecule has 2 nitrogen and oxygen atoms in total. The van der Waals surface area contributed by atoms with Crippen molar-refractivity contribution in [2.75, 3.05) is 0 Å². The molecule has 2 aliphatic carbocycles. The summed E-state index contributed by atoms with van der Waals surface area (Å²) in [6.45, 7) is 13.7. The summed E-state index contributed by atoms with van der Waals surface area (Å²) in [5, 5.41) is 0. The van der Waals surface area contributed by atoms with Crippen molar-refractivity contribution in [3.05, 3.63) is 12.2 Å². The minimum absolute atomic E-state index is 0.101. The molecule has 0 aromatic heterocycles. The van der Waals surface area contributed by atoms with Crippen LogP contribution in [0.25, 0.3) is 0 Å². The Hall–Kier alpha value is -0.413. The number of carbonyl (C=O) groups is 1. The van der Waals surface area contributed by atoms with E-state index in [1.54, 1.807) is 0 Å². The molecule has 1 fully saturated rings. The van der Waals surface area contributed by atoms with E-state index in [1.165, 1.54) is 0 Å². The molecule has 2 rings (SSSR count). The average Bonchev–Trinajstić information content (AvgIpc) is 2.92. The zero-order chi connectivity index (χ0) is 17.3. The second-order valence-corrected chi connectivity index (χ2v) is 12.8. The van der Waals surface area contributed by atoms with Crippen LogP contribution in [-0.2, 0) is 9.22 Å². The van der Waals surface area contributed by atoms with Crippen LogP contribution >= 0.6 is 0 Å². The first-order chi connectivity index (χ1) is 10.9. The number of ketones is 1. The molecule has 1 saturated carbocycles. The third-order valence-corrected chi connectivity index (χ3v) is 11.5. The standard InChI is InChI=1S/C20H36O2Si/c1-7-23(8-2,9-3)22-19-17(15(4)5)13-12-16(6)20(19)14-10-11-18(20)21/h12-13,15-17,19H,7-11,14H2,1-6H3/t16-,17+,19-,20+/m1/s1. The maximum atomic E-state index is 13.0. The van der Waals surface area contributed by atoms with Crippen molar-refractivity contribution < 1.29 is 9.22 Å². The first-order valence-corrected chi connectivity index (χ1v) is 12.3. The predicted octanol–water partition coefficient (Wildman–Crippen LogP) is 5.59. The van der Waals surface area contributed by atoms with Gasteiger partial charge < -0.3 is 4.43 Å². The van der Waals surface area contributed by atoms with Crippen molar-refractivity contribution in [3.63, 3.8) is 0 Å². The van der Waals surface area contributed by atoms with Crippen LogP contribution < -0.4 is 0 Å². The Morgan fingerprint density at radius 2 is 1.83 bits per heavy atom. The largest absolute Gasteiger partial charge is 0.412 e. The van der Waals surface area contributed by atoms with Gasteiger partial charge in [-0.3, -0.25) is 4.79 Å². The van der Waals surface area contributed by atoms with Gasteiger partial charge in [0.1, 0.15) is 5.78 Å². The summed E-state index contributed by atoms with van der Waals surface area (Å²) in [5.41, 5.74) is -0.249. The molecule has 0 heterocycles. The Bertz CT molecular complexity index is 444. The van der Waals surface area contributed by atoms with Crippen molar-refractivity contribution >= 4 is 14.1 Å². The average molecular weight is 337 g/mol. The number of rotatable bonds is 6.